The minimum absolute atomic E-state index is 0.500. The topological polar surface area (TPSA) is 91.7 Å². The average Bonchev–Trinajstić information content (AvgIpc) is 3.41. The van der Waals surface area contributed by atoms with Crippen molar-refractivity contribution in [3.8, 4) is 0 Å². The van der Waals surface area contributed by atoms with Crippen molar-refractivity contribution in [2.75, 3.05) is 19.6 Å². The lowest BCUT2D eigenvalue weighted by molar-refractivity contribution is 0.175. The van der Waals surface area contributed by atoms with Gasteiger partial charge in [0, 0.05) is 18.2 Å². The number of benzene rings is 1. The van der Waals surface area contributed by atoms with Gasteiger partial charge >= 0.3 is 0 Å². The molecule has 0 radical (unpaired) electrons. The molecule has 1 heterocycles. The molecule has 23 heavy (non-hydrogen) atoms. The Hall–Kier alpha value is -1.63. The smallest absolute Gasteiger partial charge is 0.166 e. The first kappa shape index (κ1) is 16.2. The third kappa shape index (κ3) is 4.67. The van der Waals surface area contributed by atoms with Crippen LogP contribution in [0.1, 0.15) is 36.8 Å². The van der Waals surface area contributed by atoms with Crippen LogP contribution >= 0.6 is 0 Å². The zero-order valence-corrected chi connectivity index (χ0v) is 13.7. The number of hydrogen-bond acceptors (Lipinski definition) is 5. The van der Waals surface area contributed by atoms with E-state index in [2.05, 4.69) is 32.9 Å². The molecule has 6 nitrogen and oxygen atoms in total. The maximum absolute atomic E-state index is 5.39. The maximum Gasteiger partial charge on any atom is 0.166 e. The fourth-order valence-electron chi connectivity index (χ4n) is 3.19. The summed E-state index contributed by atoms with van der Waals surface area (Å²) < 4.78 is 0. The summed E-state index contributed by atoms with van der Waals surface area (Å²) in [5, 5.41) is 7.29. The average molecular weight is 316 g/mol. The number of hydrazine groups is 1. The number of nitrogens with two attached hydrogens (primary N) is 2. The molecule has 1 aliphatic heterocycles. The maximum atomic E-state index is 5.39. The van der Waals surface area contributed by atoms with Gasteiger partial charge in [-0.25, -0.2) is 5.84 Å². The number of likely N-dealkylation sites (tertiary alicyclic amines) is 1. The second kappa shape index (κ2) is 7.77. The van der Waals surface area contributed by atoms with Gasteiger partial charge in [0.15, 0.2) is 5.84 Å². The lowest BCUT2D eigenvalue weighted by atomic mass is 9.96. The second-order valence-corrected chi connectivity index (χ2v) is 6.72. The Morgan fingerprint density at radius 1 is 1.13 bits per heavy atom. The summed E-state index contributed by atoms with van der Waals surface area (Å²) >= 11 is 0. The Balaban J connectivity index is 1.44. The third-order valence-corrected chi connectivity index (χ3v) is 4.88. The predicted molar refractivity (Wildman–Crippen MR) is 93.5 cm³/mol. The van der Waals surface area contributed by atoms with Crippen LogP contribution in [-0.2, 0) is 6.54 Å². The van der Waals surface area contributed by atoms with Gasteiger partial charge in [0.25, 0.3) is 0 Å². The molecule has 126 valence electrons. The lowest BCUT2D eigenvalue weighted by Crippen LogP contribution is -2.37. The van der Waals surface area contributed by atoms with Crippen molar-refractivity contribution in [3.05, 3.63) is 35.4 Å². The van der Waals surface area contributed by atoms with E-state index in [1.807, 2.05) is 12.1 Å². The third-order valence-electron chi connectivity index (χ3n) is 4.88. The van der Waals surface area contributed by atoms with Crippen LogP contribution in [0.2, 0.25) is 0 Å². The molecule has 1 aromatic rings. The summed E-state index contributed by atoms with van der Waals surface area (Å²) in [7, 11) is 0. The van der Waals surface area contributed by atoms with Crippen LogP contribution in [0.15, 0.2) is 29.4 Å². The van der Waals surface area contributed by atoms with Gasteiger partial charge in [-0.15, -0.1) is 0 Å². The molecule has 0 atom stereocenters. The highest BCUT2D eigenvalue weighted by Crippen LogP contribution is 2.22. The molecule has 0 unspecified atom stereocenters. The van der Waals surface area contributed by atoms with Gasteiger partial charge in [0.1, 0.15) is 0 Å². The van der Waals surface area contributed by atoms with E-state index in [0.717, 1.165) is 24.1 Å². The molecule has 0 amide bonds. The van der Waals surface area contributed by atoms with E-state index in [9.17, 15) is 0 Å². The van der Waals surface area contributed by atoms with Gasteiger partial charge in [-0.2, -0.15) is 5.10 Å². The number of piperidine rings is 1. The van der Waals surface area contributed by atoms with Crippen LogP contribution in [0, 0.1) is 5.92 Å². The molecule has 6 N–H and O–H groups in total. The summed E-state index contributed by atoms with van der Waals surface area (Å²) in [5.74, 6) is 12.0. The molecule has 1 saturated heterocycles. The number of amidine groups is 1. The predicted octanol–water partition coefficient (Wildman–Crippen LogP) is 0.734. The molecule has 2 fully saturated rings. The summed E-state index contributed by atoms with van der Waals surface area (Å²) in [6.45, 7) is 4.60. The summed E-state index contributed by atoms with van der Waals surface area (Å²) in [6, 6.07) is 9.09. The first-order valence-electron chi connectivity index (χ1n) is 8.58. The fraction of sp³-hybridized carbons (Fsp3) is 0.588. The van der Waals surface area contributed by atoms with E-state index < -0.39 is 0 Å². The Bertz CT molecular complexity index is 514. The first-order chi connectivity index (χ1) is 11.3. The van der Waals surface area contributed by atoms with Gasteiger partial charge in [-0.3, -0.25) is 4.90 Å². The molecule has 3 rings (SSSR count). The van der Waals surface area contributed by atoms with Gasteiger partial charge in [0.05, 0.1) is 0 Å². The number of rotatable bonds is 6. The molecular formula is C17H28N6. The molecule has 1 aliphatic carbocycles. The Morgan fingerprint density at radius 3 is 2.39 bits per heavy atom. The molecule has 1 saturated carbocycles. The van der Waals surface area contributed by atoms with Crippen molar-refractivity contribution in [2.24, 2.45) is 22.7 Å². The van der Waals surface area contributed by atoms with Crippen molar-refractivity contribution in [1.29, 1.82) is 0 Å². The minimum atomic E-state index is 0.500. The second-order valence-electron chi connectivity index (χ2n) is 6.72. The largest absolute Gasteiger partial charge is 0.321 e. The number of hydrogen-bond donors (Lipinski definition) is 4. The lowest BCUT2D eigenvalue weighted by Gasteiger charge is -2.32. The fourth-order valence-corrected chi connectivity index (χ4v) is 3.19. The van der Waals surface area contributed by atoms with Crippen LogP contribution in [0.3, 0.4) is 0 Å². The monoisotopic (exact) mass is 316 g/mol. The van der Waals surface area contributed by atoms with Crippen LogP contribution in [0.4, 0.5) is 0 Å². The SMILES string of the molecule is N/N=C(\NN)c1ccc(CN2CCC(CNC3CC3)CC2)cc1. The Labute approximate surface area is 138 Å². The summed E-state index contributed by atoms with van der Waals surface area (Å²) in [4.78, 5) is 2.54. The zero-order valence-electron chi connectivity index (χ0n) is 13.7. The van der Waals surface area contributed by atoms with E-state index in [4.69, 9.17) is 11.7 Å². The van der Waals surface area contributed by atoms with Crippen LogP contribution in [-0.4, -0.2) is 36.4 Å². The highest BCUT2D eigenvalue weighted by Gasteiger charge is 2.24. The van der Waals surface area contributed by atoms with Crippen molar-refractivity contribution in [1.82, 2.24) is 15.6 Å². The Kier molecular flexibility index (Phi) is 5.48. The summed E-state index contributed by atoms with van der Waals surface area (Å²) in [5.41, 5.74) is 4.73. The standard InChI is InChI=1S/C17H28N6/c18-21-17(22-19)15-3-1-14(2-4-15)12-23-9-7-13(8-10-23)11-20-16-5-6-16/h1-4,13,16,20H,5-12,18-19H2,(H,21,22). The van der Waals surface area contributed by atoms with Crippen LogP contribution in [0.5, 0.6) is 0 Å². The molecule has 6 heteroatoms. The van der Waals surface area contributed by atoms with Gasteiger partial charge in [-0.1, -0.05) is 24.3 Å². The van der Waals surface area contributed by atoms with Crippen molar-refractivity contribution < 1.29 is 0 Å². The summed E-state index contributed by atoms with van der Waals surface area (Å²) in [6.07, 6.45) is 5.37. The quantitative estimate of drug-likeness (QED) is 0.269. The van der Waals surface area contributed by atoms with E-state index in [1.165, 1.54) is 50.9 Å². The van der Waals surface area contributed by atoms with Gasteiger partial charge in [-0.05, 0) is 56.8 Å². The van der Waals surface area contributed by atoms with Crippen molar-refractivity contribution in [3.63, 3.8) is 0 Å². The van der Waals surface area contributed by atoms with E-state index in [1.54, 1.807) is 0 Å². The molecule has 0 aromatic heterocycles. The van der Waals surface area contributed by atoms with E-state index in [-0.39, 0.29) is 0 Å². The van der Waals surface area contributed by atoms with E-state index >= 15 is 0 Å². The number of hydrazone groups is 1. The molecular weight excluding hydrogens is 288 g/mol. The molecule has 0 bridgehead atoms. The van der Waals surface area contributed by atoms with Crippen molar-refractivity contribution >= 4 is 5.84 Å². The molecule has 1 aromatic carbocycles. The highest BCUT2D eigenvalue weighted by molar-refractivity contribution is 5.98. The van der Waals surface area contributed by atoms with Crippen LogP contribution < -0.4 is 22.4 Å². The highest BCUT2D eigenvalue weighted by atomic mass is 15.3. The number of nitrogens with zero attached hydrogens (tertiary/aromatic N) is 2. The Morgan fingerprint density at radius 2 is 1.83 bits per heavy atom. The van der Waals surface area contributed by atoms with E-state index in [0.29, 0.717) is 5.84 Å². The minimum Gasteiger partial charge on any atom is -0.321 e. The normalized spacial score (nSPS) is 20.7. The van der Waals surface area contributed by atoms with Crippen LogP contribution in [0.25, 0.3) is 0 Å². The van der Waals surface area contributed by atoms with Crippen molar-refractivity contribution in [2.45, 2.75) is 38.3 Å². The first-order valence-corrected chi connectivity index (χ1v) is 8.58. The van der Waals surface area contributed by atoms with Gasteiger partial charge < -0.3 is 16.6 Å². The van der Waals surface area contributed by atoms with Gasteiger partial charge in [0.2, 0.25) is 0 Å². The molecule has 2 aliphatic rings. The number of nitrogens with one attached hydrogen (secondary N) is 2. The molecule has 0 spiro atoms. The zero-order chi connectivity index (χ0) is 16.1.